The second kappa shape index (κ2) is 9.17. The fourth-order valence-electron chi connectivity index (χ4n) is 3.67. The first kappa shape index (κ1) is 18.1. The Labute approximate surface area is 145 Å². The molecule has 24 heavy (non-hydrogen) atoms. The van der Waals surface area contributed by atoms with Crippen molar-refractivity contribution in [2.75, 3.05) is 6.61 Å². The lowest BCUT2D eigenvalue weighted by Gasteiger charge is -2.42. The first-order chi connectivity index (χ1) is 11.7. The molecule has 0 N–H and O–H groups in total. The lowest BCUT2D eigenvalue weighted by Crippen LogP contribution is -2.34. The summed E-state index contributed by atoms with van der Waals surface area (Å²) in [5, 5.41) is 0. The zero-order valence-corrected chi connectivity index (χ0v) is 14.7. The summed E-state index contributed by atoms with van der Waals surface area (Å²) in [4.78, 5) is 11.4. The summed E-state index contributed by atoms with van der Waals surface area (Å²) in [6, 6.07) is 12.0. The number of hydrogen-bond donors (Lipinski definition) is 0. The summed E-state index contributed by atoms with van der Waals surface area (Å²) in [5.74, 6) is 0.699. The molecule has 3 rings (SSSR count). The van der Waals surface area contributed by atoms with Crippen LogP contribution in [0.5, 0.6) is 0 Å². The number of fused-ring (bicyclic) bond motifs is 1. The standard InChI is InChI=1S/C18H21N.C3H6O2/c1-3-19-17-11-7-5-9-15(17)12-13-18(19)16-10-6-4-8-14(16)2;1-2-5-3-4/h1,4,6,8,10-11,15,18H,5,7,9,12-13H2,2H3;3H,2H2,1H3. The van der Waals surface area contributed by atoms with Crippen LogP contribution in [0.25, 0.3) is 0 Å². The molecule has 1 aromatic carbocycles. The number of piperidine rings is 1. The monoisotopic (exact) mass is 325 g/mol. The molecule has 0 amide bonds. The number of allylic oxidation sites excluding steroid dienone is 2. The minimum absolute atomic E-state index is 0.367. The molecule has 128 valence electrons. The zero-order chi connectivity index (χ0) is 17.4. The molecule has 2 unspecified atom stereocenters. The second-order valence-corrected chi connectivity index (χ2v) is 6.26. The Morgan fingerprint density at radius 3 is 2.75 bits per heavy atom. The summed E-state index contributed by atoms with van der Waals surface area (Å²) < 4.78 is 4.15. The number of aryl methyl sites for hydroxylation is 1. The molecule has 0 bridgehead atoms. The lowest BCUT2D eigenvalue weighted by molar-refractivity contribution is -0.128. The predicted molar refractivity (Wildman–Crippen MR) is 96.9 cm³/mol. The third-order valence-corrected chi connectivity index (χ3v) is 4.83. The molecule has 0 spiro atoms. The van der Waals surface area contributed by atoms with E-state index in [9.17, 15) is 4.79 Å². The van der Waals surface area contributed by atoms with Crippen molar-refractivity contribution < 1.29 is 9.53 Å². The van der Waals surface area contributed by atoms with E-state index in [1.165, 1.54) is 48.9 Å². The van der Waals surface area contributed by atoms with Gasteiger partial charge in [0.05, 0.1) is 12.6 Å². The smallest absolute Gasteiger partial charge is 0.293 e. The maximum Gasteiger partial charge on any atom is 0.293 e. The van der Waals surface area contributed by atoms with Gasteiger partial charge in [-0.2, -0.15) is 0 Å². The van der Waals surface area contributed by atoms with Gasteiger partial charge in [-0.3, -0.25) is 9.69 Å². The topological polar surface area (TPSA) is 29.5 Å². The van der Waals surface area contributed by atoms with Crippen LogP contribution in [0.15, 0.2) is 36.0 Å². The van der Waals surface area contributed by atoms with Gasteiger partial charge in [0, 0.05) is 11.7 Å². The Hall–Kier alpha value is -2.21. The molecule has 1 fully saturated rings. The zero-order valence-electron chi connectivity index (χ0n) is 14.7. The van der Waals surface area contributed by atoms with E-state index in [4.69, 9.17) is 6.42 Å². The molecule has 2 atom stereocenters. The normalized spacial score (nSPS) is 22.2. The van der Waals surface area contributed by atoms with Crippen LogP contribution in [0.2, 0.25) is 0 Å². The van der Waals surface area contributed by atoms with Crippen LogP contribution < -0.4 is 0 Å². The van der Waals surface area contributed by atoms with E-state index in [0.29, 0.717) is 25.0 Å². The Balaban J connectivity index is 0.000000368. The van der Waals surface area contributed by atoms with Crippen LogP contribution in [-0.2, 0) is 9.53 Å². The van der Waals surface area contributed by atoms with Gasteiger partial charge in [0.25, 0.3) is 6.47 Å². The van der Waals surface area contributed by atoms with Gasteiger partial charge in [-0.05, 0) is 63.0 Å². The van der Waals surface area contributed by atoms with Gasteiger partial charge in [-0.1, -0.05) is 36.8 Å². The van der Waals surface area contributed by atoms with Crippen LogP contribution in [0, 0.1) is 25.3 Å². The number of likely N-dealkylation sites (tertiary alicyclic amines) is 1. The van der Waals surface area contributed by atoms with Crippen molar-refractivity contribution in [1.82, 2.24) is 4.90 Å². The van der Waals surface area contributed by atoms with Crippen molar-refractivity contribution in [3.63, 3.8) is 0 Å². The number of benzene rings is 1. The Bertz CT molecular complexity index is 615. The fraction of sp³-hybridized carbons (Fsp3) is 0.476. The molecular formula is C21H27NO2. The third kappa shape index (κ3) is 4.20. The molecular weight excluding hydrogens is 298 g/mol. The molecule has 1 aromatic rings. The Morgan fingerprint density at radius 2 is 2.12 bits per heavy atom. The Morgan fingerprint density at radius 1 is 1.33 bits per heavy atom. The lowest BCUT2D eigenvalue weighted by atomic mass is 9.80. The minimum Gasteiger partial charge on any atom is -0.468 e. The molecule has 1 aliphatic carbocycles. The SMILES string of the molecule is C#CN1C2=CCCCC2CCC1c1ccccc1C.CCOC=O. The maximum absolute atomic E-state index is 9.18. The van der Waals surface area contributed by atoms with E-state index in [2.05, 4.69) is 52.9 Å². The largest absolute Gasteiger partial charge is 0.468 e. The van der Waals surface area contributed by atoms with E-state index < -0.39 is 0 Å². The predicted octanol–water partition coefficient (Wildman–Crippen LogP) is 4.59. The molecule has 0 radical (unpaired) electrons. The van der Waals surface area contributed by atoms with Crippen LogP contribution >= 0.6 is 0 Å². The van der Waals surface area contributed by atoms with E-state index in [0.717, 1.165) is 0 Å². The highest BCUT2D eigenvalue weighted by Crippen LogP contribution is 2.43. The van der Waals surface area contributed by atoms with Gasteiger partial charge >= 0.3 is 0 Å². The van der Waals surface area contributed by atoms with Crippen molar-refractivity contribution in [3.05, 3.63) is 47.2 Å². The van der Waals surface area contributed by atoms with E-state index in [1.54, 1.807) is 6.92 Å². The summed E-state index contributed by atoms with van der Waals surface area (Å²) in [7, 11) is 0. The number of carbonyl (C=O) groups excluding carboxylic acids is 1. The third-order valence-electron chi connectivity index (χ3n) is 4.83. The van der Waals surface area contributed by atoms with Gasteiger partial charge in [-0.25, -0.2) is 0 Å². The summed E-state index contributed by atoms with van der Waals surface area (Å²) in [6.45, 7) is 4.85. The molecule has 3 nitrogen and oxygen atoms in total. The summed E-state index contributed by atoms with van der Waals surface area (Å²) in [6.07, 6.45) is 14.5. The van der Waals surface area contributed by atoms with Gasteiger partial charge in [-0.15, -0.1) is 0 Å². The summed E-state index contributed by atoms with van der Waals surface area (Å²) >= 11 is 0. The van der Waals surface area contributed by atoms with Crippen LogP contribution in [0.3, 0.4) is 0 Å². The first-order valence-electron chi connectivity index (χ1n) is 8.79. The number of hydrogen-bond acceptors (Lipinski definition) is 3. The highest BCUT2D eigenvalue weighted by molar-refractivity contribution is 5.36. The van der Waals surface area contributed by atoms with Crippen LogP contribution in [-0.4, -0.2) is 18.0 Å². The van der Waals surface area contributed by atoms with Crippen molar-refractivity contribution >= 4 is 6.47 Å². The molecule has 1 aliphatic heterocycles. The van der Waals surface area contributed by atoms with Crippen molar-refractivity contribution in [1.29, 1.82) is 0 Å². The average molecular weight is 325 g/mol. The van der Waals surface area contributed by atoms with Crippen LogP contribution in [0.1, 0.15) is 56.2 Å². The highest BCUT2D eigenvalue weighted by atomic mass is 16.5. The van der Waals surface area contributed by atoms with Gasteiger partial charge in [0.15, 0.2) is 0 Å². The highest BCUT2D eigenvalue weighted by Gasteiger charge is 2.33. The number of terminal acetylenes is 1. The van der Waals surface area contributed by atoms with Gasteiger partial charge in [0.1, 0.15) is 0 Å². The summed E-state index contributed by atoms with van der Waals surface area (Å²) in [5.41, 5.74) is 4.15. The van der Waals surface area contributed by atoms with Crippen molar-refractivity contribution in [2.24, 2.45) is 5.92 Å². The maximum atomic E-state index is 9.18. The van der Waals surface area contributed by atoms with Gasteiger partial charge < -0.3 is 4.74 Å². The number of nitrogens with zero attached hydrogens (tertiary/aromatic N) is 1. The molecule has 3 heteroatoms. The minimum atomic E-state index is 0.367. The number of rotatable bonds is 3. The first-order valence-corrected chi connectivity index (χ1v) is 8.79. The fourth-order valence-corrected chi connectivity index (χ4v) is 3.67. The molecule has 0 aromatic heterocycles. The number of carbonyl (C=O) groups is 1. The average Bonchev–Trinajstić information content (AvgIpc) is 2.62. The van der Waals surface area contributed by atoms with Gasteiger partial charge in [0.2, 0.25) is 0 Å². The van der Waals surface area contributed by atoms with E-state index in [-0.39, 0.29) is 0 Å². The quantitative estimate of drug-likeness (QED) is 0.601. The molecule has 0 saturated carbocycles. The van der Waals surface area contributed by atoms with E-state index >= 15 is 0 Å². The van der Waals surface area contributed by atoms with Crippen LogP contribution in [0.4, 0.5) is 0 Å². The second-order valence-electron chi connectivity index (χ2n) is 6.26. The number of ether oxygens (including phenoxy) is 1. The molecule has 1 saturated heterocycles. The van der Waals surface area contributed by atoms with E-state index in [1.807, 2.05) is 0 Å². The molecule has 1 heterocycles. The molecule has 2 aliphatic rings. The van der Waals surface area contributed by atoms with Crippen molar-refractivity contribution in [2.45, 2.75) is 52.0 Å². The Kier molecular flexibility index (Phi) is 6.93. The van der Waals surface area contributed by atoms with Crippen molar-refractivity contribution in [3.8, 4) is 12.5 Å².